The molecule has 0 saturated carbocycles. The molecule has 3 amide bonds. The summed E-state index contributed by atoms with van der Waals surface area (Å²) in [5, 5.41) is 2.27. The van der Waals surface area contributed by atoms with E-state index in [0.29, 0.717) is 5.56 Å². The van der Waals surface area contributed by atoms with Gasteiger partial charge in [0.2, 0.25) is 0 Å². The average Bonchev–Trinajstić information content (AvgIpc) is 2.41. The Morgan fingerprint density at radius 3 is 2.52 bits per heavy atom. The molecule has 114 valence electrons. The molecule has 1 aromatic rings. The maximum absolute atomic E-state index is 11.6. The van der Waals surface area contributed by atoms with Gasteiger partial charge >= 0.3 is 6.09 Å². The molecular formula is C13H18N4O4. The van der Waals surface area contributed by atoms with Gasteiger partial charge in [-0.05, 0) is 32.9 Å². The van der Waals surface area contributed by atoms with E-state index in [1.807, 2.05) is 0 Å². The van der Waals surface area contributed by atoms with Crippen molar-refractivity contribution in [2.45, 2.75) is 26.4 Å². The molecule has 1 heterocycles. The second-order valence-electron chi connectivity index (χ2n) is 5.10. The van der Waals surface area contributed by atoms with Gasteiger partial charge in [0.1, 0.15) is 12.1 Å². The molecule has 21 heavy (non-hydrogen) atoms. The van der Waals surface area contributed by atoms with Gasteiger partial charge < -0.3 is 10.1 Å². The summed E-state index contributed by atoms with van der Waals surface area (Å²) >= 11 is 0. The van der Waals surface area contributed by atoms with Crippen LogP contribution in [0.25, 0.3) is 0 Å². The number of carbonyl (C=O) groups is 3. The van der Waals surface area contributed by atoms with Gasteiger partial charge in [-0.2, -0.15) is 0 Å². The molecule has 1 rings (SSSR count). The van der Waals surface area contributed by atoms with Gasteiger partial charge in [0.25, 0.3) is 11.8 Å². The highest BCUT2D eigenvalue weighted by atomic mass is 16.6. The Morgan fingerprint density at radius 2 is 1.95 bits per heavy atom. The summed E-state index contributed by atoms with van der Waals surface area (Å²) in [5.41, 5.74) is 4.02. The van der Waals surface area contributed by atoms with Crippen molar-refractivity contribution in [2.24, 2.45) is 0 Å². The first-order valence-electron chi connectivity index (χ1n) is 6.24. The molecule has 0 radical (unpaired) electrons. The maximum Gasteiger partial charge on any atom is 0.408 e. The van der Waals surface area contributed by atoms with E-state index in [2.05, 4.69) is 21.2 Å². The van der Waals surface area contributed by atoms with Crippen LogP contribution in [0.15, 0.2) is 24.5 Å². The van der Waals surface area contributed by atoms with E-state index in [4.69, 9.17) is 4.74 Å². The fourth-order valence-corrected chi connectivity index (χ4v) is 1.21. The topological polar surface area (TPSA) is 109 Å². The average molecular weight is 294 g/mol. The van der Waals surface area contributed by atoms with Crippen molar-refractivity contribution in [3.8, 4) is 0 Å². The Bertz CT molecular complexity index is 511. The Morgan fingerprint density at radius 1 is 1.24 bits per heavy atom. The maximum atomic E-state index is 11.6. The smallest absolute Gasteiger partial charge is 0.408 e. The van der Waals surface area contributed by atoms with Crippen LogP contribution in [0.3, 0.4) is 0 Å². The third kappa shape index (κ3) is 6.90. The third-order valence-electron chi connectivity index (χ3n) is 2.03. The zero-order chi connectivity index (χ0) is 15.9. The van der Waals surface area contributed by atoms with Gasteiger partial charge in [0.05, 0.1) is 5.56 Å². The molecule has 0 aliphatic heterocycles. The lowest BCUT2D eigenvalue weighted by atomic mass is 10.2. The van der Waals surface area contributed by atoms with Gasteiger partial charge in [-0.3, -0.25) is 25.4 Å². The second-order valence-corrected chi connectivity index (χ2v) is 5.10. The zero-order valence-corrected chi connectivity index (χ0v) is 12.1. The summed E-state index contributed by atoms with van der Waals surface area (Å²) < 4.78 is 4.96. The van der Waals surface area contributed by atoms with Crippen LogP contribution < -0.4 is 16.2 Å². The highest BCUT2D eigenvalue weighted by Crippen LogP contribution is 2.05. The molecule has 1 aromatic heterocycles. The molecule has 0 fully saturated rings. The number of hydrazine groups is 1. The fraction of sp³-hybridized carbons (Fsp3) is 0.385. The first-order valence-corrected chi connectivity index (χ1v) is 6.24. The number of carbonyl (C=O) groups excluding carboxylic acids is 3. The summed E-state index contributed by atoms with van der Waals surface area (Å²) in [6.07, 6.45) is 2.18. The van der Waals surface area contributed by atoms with Gasteiger partial charge in [0.15, 0.2) is 0 Å². The van der Waals surface area contributed by atoms with Gasteiger partial charge in [-0.15, -0.1) is 0 Å². The number of amides is 3. The predicted octanol–water partition coefficient (Wildman–Crippen LogP) is 0.367. The highest BCUT2D eigenvalue weighted by Gasteiger charge is 2.16. The number of nitrogens with one attached hydrogen (secondary N) is 3. The van der Waals surface area contributed by atoms with Crippen molar-refractivity contribution in [3.63, 3.8) is 0 Å². The molecule has 8 heteroatoms. The first-order chi connectivity index (χ1) is 9.78. The highest BCUT2D eigenvalue weighted by molar-refractivity contribution is 5.95. The van der Waals surface area contributed by atoms with Crippen LogP contribution in [-0.4, -0.2) is 35.0 Å². The Hall–Kier alpha value is -2.64. The largest absolute Gasteiger partial charge is 0.444 e. The second kappa shape index (κ2) is 7.22. The standard InChI is InChI=1S/C13H18N4O4/c1-13(2,3)21-12(20)15-8-10(18)16-17-11(19)9-5-4-6-14-7-9/h4-7H,8H2,1-3H3,(H,15,20)(H,16,18)(H,17,19). The number of rotatable bonds is 3. The molecule has 8 nitrogen and oxygen atoms in total. The first kappa shape index (κ1) is 16.4. The minimum absolute atomic E-state index is 0.304. The Balaban J connectivity index is 2.29. The zero-order valence-electron chi connectivity index (χ0n) is 12.1. The van der Waals surface area contributed by atoms with Crippen LogP contribution in [0.2, 0.25) is 0 Å². The number of nitrogens with zero attached hydrogens (tertiary/aromatic N) is 1. The van der Waals surface area contributed by atoms with E-state index in [-0.39, 0.29) is 6.54 Å². The molecule has 3 N–H and O–H groups in total. The van der Waals surface area contributed by atoms with Crippen molar-refractivity contribution in [1.82, 2.24) is 21.2 Å². The van der Waals surface area contributed by atoms with Crippen LogP contribution in [0.4, 0.5) is 4.79 Å². The van der Waals surface area contributed by atoms with E-state index in [9.17, 15) is 14.4 Å². The normalized spacial score (nSPS) is 10.4. The monoisotopic (exact) mass is 294 g/mol. The predicted molar refractivity (Wildman–Crippen MR) is 74.1 cm³/mol. The van der Waals surface area contributed by atoms with Crippen molar-refractivity contribution in [1.29, 1.82) is 0 Å². The molecule has 0 aliphatic carbocycles. The van der Waals surface area contributed by atoms with Crippen molar-refractivity contribution < 1.29 is 19.1 Å². The molecule has 0 aliphatic rings. The molecule has 0 atom stereocenters. The lowest BCUT2D eigenvalue weighted by Crippen LogP contribution is -2.47. The number of hydrogen-bond donors (Lipinski definition) is 3. The molecule has 0 saturated heterocycles. The van der Waals surface area contributed by atoms with E-state index < -0.39 is 23.5 Å². The van der Waals surface area contributed by atoms with E-state index in [0.717, 1.165) is 0 Å². The number of hydrogen-bond acceptors (Lipinski definition) is 5. The Kier molecular flexibility index (Phi) is 5.65. The summed E-state index contributed by atoms with van der Waals surface area (Å²) in [5.74, 6) is -1.09. The molecule has 0 aromatic carbocycles. The van der Waals surface area contributed by atoms with Gasteiger partial charge in [-0.1, -0.05) is 0 Å². The van der Waals surface area contributed by atoms with Crippen LogP contribution >= 0.6 is 0 Å². The lowest BCUT2D eigenvalue weighted by Gasteiger charge is -2.19. The van der Waals surface area contributed by atoms with Crippen LogP contribution in [0, 0.1) is 0 Å². The Labute approximate surface area is 122 Å². The third-order valence-corrected chi connectivity index (χ3v) is 2.03. The number of alkyl carbamates (subject to hydrolysis) is 1. The van der Waals surface area contributed by atoms with Crippen molar-refractivity contribution in [3.05, 3.63) is 30.1 Å². The quantitative estimate of drug-likeness (QED) is 0.698. The molecule has 0 bridgehead atoms. The van der Waals surface area contributed by atoms with Gasteiger partial charge in [0, 0.05) is 12.4 Å². The molecule has 0 unspecified atom stereocenters. The van der Waals surface area contributed by atoms with Crippen LogP contribution in [0.1, 0.15) is 31.1 Å². The minimum atomic E-state index is -0.712. The summed E-state index contributed by atoms with van der Waals surface area (Å²) in [6.45, 7) is 4.81. The van der Waals surface area contributed by atoms with E-state index >= 15 is 0 Å². The number of pyridine rings is 1. The fourth-order valence-electron chi connectivity index (χ4n) is 1.21. The van der Waals surface area contributed by atoms with E-state index in [1.54, 1.807) is 32.9 Å². The van der Waals surface area contributed by atoms with Crippen LogP contribution in [-0.2, 0) is 9.53 Å². The number of ether oxygens (including phenoxy) is 1. The SMILES string of the molecule is CC(C)(C)OC(=O)NCC(=O)NNC(=O)c1cccnc1. The summed E-state index contributed by atoms with van der Waals surface area (Å²) in [6, 6.07) is 3.15. The molecule has 0 spiro atoms. The van der Waals surface area contributed by atoms with Gasteiger partial charge in [-0.25, -0.2) is 4.79 Å². The van der Waals surface area contributed by atoms with Crippen molar-refractivity contribution >= 4 is 17.9 Å². The summed E-state index contributed by atoms with van der Waals surface area (Å²) in [7, 11) is 0. The van der Waals surface area contributed by atoms with Crippen LogP contribution in [0.5, 0.6) is 0 Å². The van der Waals surface area contributed by atoms with E-state index in [1.165, 1.54) is 12.4 Å². The minimum Gasteiger partial charge on any atom is -0.444 e. The number of aromatic nitrogens is 1. The summed E-state index contributed by atoms with van der Waals surface area (Å²) in [4.78, 5) is 38.1. The molecular weight excluding hydrogens is 276 g/mol. The van der Waals surface area contributed by atoms with Crippen molar-refractivity contribution in [2.75, 3.05) is 6.54 Å². The lowest BCUT2D eigenvalue weighted by molar-refractivity contribution is -0.121.